The van der Waals surface area contributed by atoms with Gasteiger partial charge in [-0.15, -0.1) is 0 Å². The highest BCUT2D eigenvalue weighted by atomic mass is 35.5. The lowest BCUT2D eigenvalue weighted by Crippen LogP contribution is -2.23. The first kappa shape index (κ1) is 14.0. The van der Waals surface area contributed by atoms with Crippen molar-refractivity contribution in [3.63, 3.8) is 0 Å². The smallest absolute Gasteiger partial charge is 0.262 e. The van der Waals surface area contributed by atoms with E-state index in [1.54, 1.807) is 12.1 Å². The summed E-state index contributed by atoms with van der Waals surface area (Å²) in [5.41, 5.74) is 0.872. The topological polar surface area (TPSA) is 55.4 Å². The van der Waals surface area contributed by atoms with Gasteiger partial charge in [-0.05, 0) is 23.8 Å². The normalized spacial score (nSPS) is 11.4. The van der Waals surface area contributed by atoms with Crippen molar-refractivity contribution in [2.75, 3.05) is 0 Å². The van der Waals surface area contributed by atoms with Crippen LogP contribution in [0.25, 0.3) is 0 Å². The molecule has 2 rings (SSSR count). The third-order valence-corrected chi connectivity index (χ3v) is 3.80. The highest BCUT2D eigenvalue weighted by Gasteiger charge is 2.14. The third kappa shape index (κ3) is 4.04. The SMILES string of the molecule is O=S(=O)(NOCc1ccccc1)c1cccc(Cl)c1. The van der Waals surface area contributed by atoms with Crippen molar-refractivity contribution in [3.05, 3.63) is 65.2 Å². The van der Waals surface area contributed by atoms with E-state index >= 15 is 0 Å². The Kier molecular flexibility index (Phi) is 4.55. The number of rotatable bonds is 5. The lowest BCUT2D eigenvalue weighted by Gasteiger charge is -2.07. The van der Waals surface area contributed by atoms with Crippen LogP contribution in [-0.4, -0.2) is 8.42 Å². The molecule has 0 saturated heterocycles. The number of hydrogen-bond donors (Lipinski definition) is 1. The third-order valence-electron chi connectivity index (χ3n) is 2.36. The predicted molar refractivity (Wildman–Crippen MR) is 73.0 cm³/mol. The molecule has 0 spiro atoms. The average molecular weight is 298 g/mol. The first-order chi connectivity index (χ1) is 9.08. The molecule has 0 amide bonds. The fourth-order valence-electron chi connectivity index (χ4n) is 1.45. The van der Waals surface area contributed by atoms with E-state index in [0.717, 1.165) is 5.56 Å². The maximum atomic E-state index is 11.9. The lowest BCUT2D eigenvalue weighted by atomic mass is 10.2. The monoisotopic (exact) mass is 297 g/mol. The van der Waals surface area contributed by atoms with Crippen LogP contribution in [0.4, 0.5) is 0 Å². The van der Waals surface area contributed by atoms with Crippen LogP contribution in [0.1, 0.15) is 5.56 Å². The minimum Gasteiger partial charge on any atom is -0.282 e. The maximum Gasteiger partial charge on any atom is 0.262 e. The molecule has 100 valence electrons. The summed E-state index contributed by atoms with van der Waals surface area (Å²) >= 11 is 5.75. The quantitative estimate of drug-likeness (QED) is 0.863. The first-order valence-corrected chi connectivity index (χ1v) is 7.37. The molecule has 0 aliphatic heterocycles. The zero-order valence-corrected chi connectivity index (χ0v) is 11.5. The second-order valence-corrected chi connectivity index (χ2v) is 5.90. The second kappa shape index (κ2) is 6.16. The van der Waals surface area contributed by atoms with Crippen molar-refractivity contribution in [3.8, 4) is 0 Å². The largest absolute Gasteiger partial charge is 0.282 e. The lowest BCUT2D eigenvalue weighted by molar-refractivity contribution is 0.0795. The standard InChI is InChI=1S/C13H12ClNO3S/c14-12-7-4-8-13(9-12)19(16,17)15-18-10-11-5-2-1-3-6-11/h1-9,15H,10H2. The maximum absolute atomic E-state index is 11.9. The van der Waals surface area contributed by atoms with E-state index in [4.69, 9.17) is 16.4 Å². The van der Waals surface area contributed by atoms with Crippen LogP contribution in [0.3, 0.4) is 0 Å². The molecule has 1 N–H and O–H groups in total. The molecule has 2 aromatic rings. The summed E-state index contributed by atoms with van der Waals surface area (Å²) in [5.74, 6) is 0. The van der Waals surface area contributed by atoms with Gasteiger partial charge in [-0.25, -0.2) is 8.42 Å². The molecule has 0 aliphatic carbocycles. The van der Waals surface area contributed by atoms with E-state index < -0.39 is 10.0 Å². The summed E-state index contributed by atoms with van der Waals surface area (Å²) in [4.78, 5) is 7.13. The fraction of sp³-hybridized carbons (Fsp3) is 0.0769. The summed E-state index contributed by atoms with van der Waals surface area (Å²) in [7, 11) is -3.71. The van der Waals surface area contributed by atoms with Crippen molar-refractivity contribution in [2.45, 2.75) is 11.5 Å². The van der Waals surface area contributed by atoms with Gasteiger partial charge in [0.15, 0.2) is 0 Å². The summed E-state index contributed by atoms with van der Waals surface area (Å²) in [5, 5.41) is 0.353. The van der Waals surface area contributed by atoms with Crippen molar-refractivity contribution in [1.29, 1.82) is 0 Å². The van der Waals surface area contributed by atoms with Crippen LogP contribution >= 0.6 is 11.6 Å². The number of halogens is 1. The van der Waals surface area contributed by atoms with E-state index in [9.17, 15) is 8.42 Å². The van der Waals surface area contributed by atoms with Crippen LogP contribution in [0.2, 0.25) is 5.02 Å². The number of hydrogen-bond acceptors (Lipinski definition) is 3. The molecule has 0 aliphatic rings. The summed E-state index contributed by atoms with van der Waals surface area (Å²) in [6.07, 6.45) is 0. The molecule has 0 heterocycles. The first-order valence-electron chi connectivity index (χ1n) is 5.51. The van der Waals surface area contributed by atoms with Crippen LogP contribution in [-0.2, 0) is 21.5 Å². The van der Waals surface area contributed by atoms with E-state index in [1.807, 2.05) is 30.3 Å². The molecule has 0 unspecified atom stereocenters. The van der Waals surface area contributed by atoms with E-state index in [2.05, 4.69) is 4.89 Å². The Hall–Kier alpha value is -1.40. The van der Waals surface area contributed by atoms with Crippen molar-refractivity contribution >= 4 is 21.6 Å². The van der Waals surface area contributed by atoms with E-state index in [-0.39, 0.29) is 11.5 Å². The van der Waals surface area contributed by atoms with Gasteiger partial charge in [0.25, 0.3) is 10.0 Å². The Morgan fingerprint density at radius 2 is 1.79 bits per heavy atom. The van der Waals surface area contributed by atoms with Gasteiger partial charge >= 0.3 is 0 Å². The molecule has 2 aromatic carbocycles. The zero-order chi connectivity index (χ0) is 13.7. The van der Waals surface area contributed by atoms with E-state index in [1.165, 1.54) is 12.1 Å². The zero-order valence-electron chi connectivity index (χ0n) is 9.91. The highest BCUT2D eigenvalue weighted by molar-refractivity contribution is 7.89. The molecule has 0 atom stereocenters. The van der Waals surface area contributed by atoms with E-state index in [0.29, 0.717) is 5.02 Å². The number of nitrogens with one attached hydrogen (secondary N) is 1. The predicted octanol–water partition coefficient (Wildman–Crippen LogP) is 2.75. The fourth-order valence-corrected chi connectivity index (χ4v) is 2.55. The molecule has 6 heteroatoms. The van der Waals surface area contributed by atoms with Gasteiger partial charge in [-0.1, -0.05) is 52.9 Å². The van der Waals surface area contributed by atoms with Crippen molar-refractivity contribution in [1.82, 2.24) is 4.89 Å². The van der Waals surface area contributed by atoms with Gasteiger partial charge < -0.3 is 0 Å². The minimum absolute atomic E-state index is 0.0630. The Morgan fingerprint density at radius 3 is 2.47 bits per heavy atom. The Bertz CT molecular complexity index is 644. The molecule has 19 heavy (non-hydrogen) atoms. The second-order valence-electron chi connectivity index (χ2n) is 3.82. The number of benzene rings is 2. The van der Waals surface area contributed by atoms with Gasteiger partial charge in [-0.2, -0.15) is 0 Å². The Morgan fingerprint density at radius 1 is 1.05 bits per heavy atom. The molecular formula is C13H12ClNO3S. The molecule has 0 aromatic heterocycles. The van der Waals surface area contributed by atoms with Gasteiger partial charge in [0, 0.05) is 5.02 Å². The molecule has 0 bridgehead atoms. The molecule has 4 nitrogen and oxygen atoms in total. The Labute approximate surface area is 117 Å². The van der Waals surface area contributed by atoms with Gasteiger partial charge in [0.05, 0.1) is 11.5 Å². The summed E-state index contributed by atoms with van der Waals surface area (Å²) in [6, 6.07) is 15.2. The highest BCUT2D eigenvalue weighted by Crippen LogP contribution is 2.15. The number of sulfonamides is 1. The van der Waals surface area contributed by atoms with Gasteiger partial charge in [0.2, 0.25) is 0 Å². The van der Waals surface area contributed by atoms with Crippen LogP contribution in [0, 0.1) is 0 Å². The Balaban J connectivity index is 1.99. The summed E-state index contributed by atoms with van der Waals surface area (Å²) < 4.78 is 23.8. The van der Waals surface area contributed by atoms with Crippen molar-refractivity contribution < 1.29 is 13.3 Å². The molecule has 0 radical (unpaired) electrons. The van der Waals surface area contributed by atoms with Crippen LogP contribution in [0.15, 0.2) is 59.5 Å². The van der Waals surface area contributed by atoms with Crippen molar-refractivity contribution in [2.24, 2.45) is 0 Å². The van der Waals surface area contributed by atoms with Gasteiger partial charge in [0.1, 0.15) is 0 Å². The van der Waals surface area contributed by atoms with Crippen LogP contribution < -0.4 is 4.89 Å². The average Bonchev–Trinajstić information content (AvgIpc) is 2.40. The molecular weight excluding hydrogens is 286 g/mol. The van der Waals surface area contributed by atoms with Gasteiger partial charge in [-0.3, -0.25) is 4.84 Å². The molecule has 0 fully saturated rings. The molecule has 0 saturated carbocycles. The minimum atomic E-state index is -3.71. The summed E-state index contributed by atoms with van der Waals surface area (Å²) in [6.45, 7) is 0.153. The van der Waals surface area contributed by atoms with Crippen LogP contribution in [0.5, 0.6) is 0 Å².